The van der Waals surface area contributed by atoms with Crippen LogP contribution in [0.5, 0.6) is 5.75 Å². The van der Waals surface area contributed by atoms with E-state index in [1.807, 2.05) is 26.0 Å². The molecule has 1 aromatic carbocycles. The number of amides is 3. The minimum atomic E-state index is -2.00. The maximum atomic E-state index is 13.3. The zero-order valence-electron chi connectivity index (χ0n) is 19.8. The molecule has 2 aromatic rings. The Balaban J connectivity index is 1.52. The number of urea groups is 1. The maximum absolute atomic E-state index is 13.3. The van der Waals surface area contributed by atoms with Crippen LogP contribution >= 0.6 is 0 Å². The number of benzene rings is 1. The van der Waals surface area contributed by atoms with Gasteiger partial charge in [0.25, 0.3) is 0 Å². The second-order valence-corrected chi connectivity index (χ2v) is 17.1. The van der Waals surface area contributed by atoms with Gasteiger partial charge in [0.2, 0.25) is 0 Å². The monoisotopic (exact) mass is 456 g/mol. The number of carbonyl (C=O) groups excluding carboxylic acids is 2. The molecule has 1 aliphatic heterocycles. The average Bonchev–Trinajstić information content (AvgIpc) is 3.18. The summed E-state index contributed by atoms with van der Waals surface area (Å²) >= 11 is 0. The first-order valence-electron chi connectivity index (χ1n) is 11.4. The van der Waals surface area contributed by atoms with Crippen LogP contribution in [-0.2, 0) is 16.9 Å². The Morgan fingerprint density at radius 2 is 1.78 bits per heavy atom. The van der Waals surface area contributed by atoms with Gasteiger partial charge in [-0.25, -0.2) is 0 Å². The number of methoxy groups -OCH3 is 1. The van der Waals surface area contributed by atoms with E-state index < -0.39 is 13.6 Å². The predicted octanol–water partition coefficient (Wildman–Crippen LogP) is 4.63. The van der Waals surface area contributed by atoms with Gasteiger partial charge in [-0.05, 0) is 0 Å². The van der Waals surface area contributed by atoms with E-state index in [4.69, 9.17) is 4.74 Å². The van der Waals surface area contributed by atoms with Crippen molar-refractivity contribution in [1.29, 1.82) is 0 Å². The van der Waals surface area contributed by atoms with Gasteiger partial charge in [-0.2, -0.15) is 0 Å². The molecule has 1 aliphatic carbocycles. The zero-order valence-corrected chi connectivity index (χ0v) is 21.0. The van der Waals surface area contributed by atoms with Gasteiger partial charge in [-0.1, -0.05) is 0 Å². The summed E-state index contributed by atoms with van der Waals surface area (Å²) in [6.07, 6.45) is 3.03. The molecule has 174 valence electrons. The molecule has 9 heteroatoms. The van der Waals surface area contributed by atoms with Gasteiger partial charge in [-0.15, -0.1) is 0 Å². The summed E-state index contributed by atoms with van der Waals surface area (Å²) in [6.45, 7) is 11.2. The molecule has 2 heterocycles. The van der Waals surface area contributed by atoms with E-state index in [-0.39, 0.29) is 17.0 Å². The van der Waals surface area contributed by atoms with Crippen LogP contribution in [0.1, 0.15) is 44.4 Å². The number of aromatic amines is 1. The quantitative estimate of drug-likeness (QED) is 0.571. The number of carbonyl (C=O) groups is 2. The molecule has 0 bridgehead atoms. The molecule has 32 heavy (non-hydrogen) atoms. The van der Waals surface area contributed by atoms with Crippen molar-refractivity contribution in [2.24, 2.45) is 0 Å². The third kappa shape index (κ3) is 3.48. The Kier molecular flexibility index (Phi) is 5.35. The number of nitrogens with one attached hydrogen (secondary N) is 3. The molecule has 0 unspecified atom stereocenters. The summed E-state index contributed by atoms with van der Waals surface area (Å²) < 4.78 is 5.18. The Labute approximate surface area is 190 Å². The van der Waals surface area contributed by atoms with Crippen molar-refractivity contribution >= 4 is 31.5 Å². The molecule has 3 amide bonds. The third-order valence-electron chi connectivity index (χ3n) is 7.64. The number of rotatable bonds is 5. The Morgan fingerprint density at radius 3 is 2.31 bits per heavy atom. The SMILES string of the molecule is COc1ccc(NC(=O)N2Cc3c(NC(=O)C4([SiH-](C)(C)C)CCC4)n[nH]c3C2(C)C)cc1. The van der Waals surface area contributed by atoms with Crippen LogP contribution < -0.4 is 15.4 Å². The van der Waals surface area contributed by atoms with Crippen molar-refractivity contribution in [2.75, 3.05) is 17.7 Å². The van der Waals surface area contributed by atoms with Crippen LogP contribution in [-0.4, -0.2) is 42.2 Å². The molecule has 0 radical (unpaired) electrons. The van der Waals surface area contributed by atoms with Crippen LogP contribution in [0.3, 0.4) is 0 Å². The van der Waals surface area contributed by atoms with Crippen LogP contribution in [0, 0.1) is 0 Å². The number of ether oxygens (including phenoxy) is 1. The average molecular weight is 457 g/mol. The van der Waals surface area contributed by atoms with Crippen LogP contribution in [0.4, 0.5) is 16.3 Å². The molecule has 2 aliphatic rings. The van der Waals surface area contributed by atoms with Gasteiger partial charge < -0.3 is 4.74 Å². The first-order valence-corrected chi connectivity index (χ1v) is 15.4. The third-order valence-corrected chi connectivity index (χ3v) is 11.8. The van der Waals surface area contributed by atoms with Crippen molar-refractivity contribution in [3.63, 3.8) is 0 Å². The summed E-state index contributed by atoms with van der Waals surface area (Å²) in [6, 6.07) is 7.02. The number of anilines is 2. The van der Waals surface area contributed by atoms with Crippen LogP contribution in [0.15, 0.2) is 24.3 Å². The summed E-state index contributed by atoms with van der Waals surface area (Å²) in [4.78, 5) is 28.2. The minimum absolute atomic E-state index is 0.0921. The van der Waals surface area contributed by atoms with Gasteiger partial charge in [0.1, 0.15) is 5.75 Å². The first kappa shape index (κ1) is 22.4. The second kappa shape index (κ2) is 7.65. The number of aromatic nitrogens is 2. The Bertz CT molecular complexity index is 1030. The fourth-order valence-corrected chi connectivity index (χ4v) is 8.09. The molecular formula is C23H34N5O3Si-. The number of hydrogen-bond acceptors (Lipinski definition) is 4. The fourth-order valence-electron chi connectivity index (χ4n) is 5.09. The van der Waals surface area contributed by atoms with Crippen molar-refractivity contribution in [3.8, 4) is 5.75 Å². The van der Waals surface area contributed by atoms with Crippen LogP contribution in [0.2, 0.25) is 24.7 Å². The molecule has 0 saturated heterocycles. The van der Waals surface area contributed by atoms with Crippen molar-refractivity contribution in [1.82, 2.24) is 15.1 Å². The van der Waals surface area contributed by atoms with E-state index in [2.05, 4.69) is 40.5 Å². The molecule has 3 N–H and O–H groups in total. The van der Waals surface area contributed by atoms with E-state index >= 15 is 0 Å². The molecular weight excluding hydrogens is 422 g/mol. The Morgan fingerprint density at radius 1 is 1.12 bits per heavy atom. The standard InChI is InChI=1S/C23H34N5O3Si/c1-22(2)18-17(14-28(22)21(30)24-15-8-10-16(31-3)11-9-15)19(27-26-18)25-20(29)23(12-7-13-23)32(4,5)6/h8-11,32H,7,12-14H2,1-6H3,(H,24,30)(H2,25,26,27,29)/q-1. The van der Waals surface area contributed by atoms with Crippen molar-refractivity contribution in [2.45, 2.75) is 69.9 Å². The second-order valence-electron chi connectivity index (χ2n) is 10.8. The van der Waals surface area contributed by atoms with Crippen molar-refractivity contribution in [3.05, 3.63) is 35.5 Å². The number of hydrogen-bond donors (Lipinski definition) is 3. The van der Waals surface area contributed by atoms with E-state index in [0.717, 1.165) is 36.3 Å². The number of fused-ring (bicyclic) bond motifs is 1. The molecule has 4 rings (SSSR count). The van der Waals surface area contributed by atoms with Gasteiger partial charge >= 0.3 is 172 Å². The van der Waals surface area contributed by atoms with E-state index in [1.165, 1.54) is 0 Å². The van der Waals surface area contributed by atoms with Gasteiger partial charge in [0.05, 0.1) is 7.11 Å². The van der Waals surface area contributed by atoms with E-state index in [1.54, 1.807) is 24.1 Å². The summed E-state index contributed by atoms with van der Waals surface area (Å²) in [5.74, 6) is 1.37. The van der Waals surface area contributed by atoms with Gasteiger partial charge in [-0.3, -0.25) is 0 Å². The summed E-state index contributed by atoms with van der Waals surface area (Å²) in [5, 5.41) is 13.4. The number of nitrogens with zero attached hydrogens (tertiary/aromatic N) is 2. The molecule has 1 fully saturated rings. The molecule has 1 saturated carbocycles. The first-order chi connectivity index (χ1) is 15.0. The van der Waals surface area contributed by atoms with E-state index in [0.29, 0.717) is 18.1 Å². The molecule has 0 spiro atoms. The molecule has 8 nitrogen and oxygen atoms in total. The van der Waals surface area contributed by atoms with Crippen molar-refractivity contribution < 1.29 is 14.3 Å². The van der Waals surface area contributed by atoms with Gasteiger partial charge in [0.15, 0.2) is 0 Å². The molecule has 0 atom stereocenters. The van der Waals surface area contributed by atoms with E-state index in [9.17, 15) is 9.59 Å². The predicted molar refractivity (Wildman–Crippen MR) is 129 cm³/mol. The topological polar surface area (TPSA) is 99.3 Å². The van der Waals surface area contributed by atoms with Crippen LogP contribution in [0.25, 0.3) is 0 Å². The molecule has 1 aromatic heterocycles. The fraction of sp³-hybridized carbons (Fsp3) is 0.522. The normalized spacial score (nSPS) is 19.0. The summed E-state index contributed by atoms with van der Waals surface area (Å²) in [5.41, 5.74) is 1.84. The zero-order chi connectivity index (χ0) is 23.3. The number of H-pyrrole nitrogens is 1. The Hall–Kier alpha value is -2.81. The van der Waals surface area contributed by atoms with Gasteiger partial charge in [0, 0.05) is 0 Å². The summed E-state index contributed by atoms with van der Waals surface area (Å²) in [7, 11) is -0.396.